The number of hydrogen-bond acceptors (Lipinski definition) is 3. The molecule has 0 saturated heterocycles. The molecule has 0 spiro atoms. The third-order valence-corrected chi connectivity index (χ3v) is 2.53. The van der Waals surface area contributed by atoms with Crippen molar-refractivity contribution in [2.24, 2.45) is 0 Å². The normalized spacial score (nSPS) is 9.83. The number of rotatable bonds is 4. The van der Waals surface area contributed by atoms with Gasteiger partial charge in [-0.3, -0.25) is 4.79 Å². The van der Waals surface area contributed by atoms with Crippen molar-refractivity contribution in [1.29, 1.82) is 0 Å². The Bertz CT molecular complexity index is 605. The van der Waals surface area contributed by atoms with E-state index in [2.05, 4.69) is 22.3 Å². The van der Waals surface area contributed by atoms with E-state index in [0.717, 1.165) is 5.39 Å². The molecule has 0 radical (unpaired) electrons. The Morgan fingerprint density at radius 1 is 1.44 bits per heavy atom. The molecule has 4 nitrogen and oxygen atoms in total. The van der Waals surface area contributed by atoms with Gasteiger partial charge in [0.1, 0.15) is 5.69 Å². The van der Waals surface area contributed by atoms with Crippen LogP contribution in [0, 0.1) is 11.8 Å². The molecule has 0 atom stereocenters. The van der Waals surface area contributed by atoms with E-state index in [1.54, 1.807) is 6.92 Å². The van der Waals surface area contributed by atoms with E-state index in [1.165, 1.54) is 0 Å². The summed E-state index contributed by atoms with van der Waals surface area (Å²) in [6.07, 6.45) is 0.901. The molecule has 1 N–H and O–H groups in total. The predicted molar refractivity (Wildman–Crippen MR) is 68.8 cm³/mol. The summed E-state index contributed by atoms with van der Waals surface area (Å²) in [5, 5.41) is 7.60. The maximum absolute atomic E-state index is 11.7. The number of hydrogen-bond donors (Lipinski definition) is 1. The fraction of sp³-hybridized carbons (Fsp3) is 0.286. The van der Waals surface area contributed by atoms with E-state index >= 15 is 0 Å². The smallest absolute Gasteiger partial charge is 0.226 e. The minimum absolute atomic E-state index is 0.0630. The summed E-state index contributed by atoms with van der Waals surface area (Å²) in [5.41, 5.74) is 1.38. The molecule has 2 aromatic rings. The Morgan fingerprint density at radius 3 is 3.11 bits per heavy atom. The Balaban J connectivity index is 1.96. The predicted octanol–water partition coefficient (Wildman–Crippen LogP) is 1.90. The summed E-state index contributed by atoms with van der Waals surface area (Å²) in [5.74, 6) is 5.61. The van der Waals surface area contributed by atoms with Gasteiger partial charge in [-0.05, 0) is 19.1 Å². The third kappa shape index (κ3) is 2.89. The minimum atomic E-state index is -0.0630. The van der Waals surface area contributed by atoms with Crippen molar-refractivity contribution >= 4 is 16.9 Å². The van der Waals surface area contributed by atoms with Crippen molar-refractivity contribution in [3.8, 4) is 11.8 Å². The maximum atomic E-state index is 11.7. The average Bonchev–Trinajstić information content (AvgIpc) is 2.78. The summed E-state index contributed by atoms with van der Waals surface area (Å²) in [6.45, 7) is 2.35. The fourth-order valence-corrected chi connectivity index (χ4v) is 1.67. The molecule has 2 rings (SSSR count). The van der Waals surface area contributed by atoms with Crippen molar-refractivity contribution < 1.29 is 9.32 Å². The Morgan fingerprint density at radius 2 is 2.28 bits per heavy atom. The first kappa shape index (κ1) is 12.2. The molecule has 18 heavy (non-hydrogen) atoms. The lowest BCUT2D eigenvalue weighted by Gasteiger charge is -2.00. The largest absolute Gasteiger partial charge is 0.356 e. The number of nitrogens with one attached hydrogen (secondary N) is 1. The van der Waals surface area contributed by atoms with Gasteiger partial charge in [-0.1, -0.05) is 17.3 Å². The van der Waals surface area contributed by atoms with Gasteiger partial charge in [0.25, 0.3) is 0 Å². The van der Waals surface area contributed by atoms with Gasteiger partial charge in [0.2, 0.25) is 5.91 Å². The van der Waals surface area contributed by atoms with Crippen LogP contribution in [0.5, 0.6) is 0 Å². The molecule has 1 aromatic carbocycles. The van der Waals surface area contributed by atoms with Crippen molar-refractivity contribution in [3.05, 3.63) is 30.0 Å². The van der Waals surface area contributed by atoms with E-state index in [0.29, 0.717) is 24.2 Å². The van der Waals surface area contributed by atoms with E-state index < -0.39 is 0 Å². The van der Waals surface area contributed by atoms with Crippen LogP contribution in [-0.4, -0.2) is 17.6 Å². The fourth-order valence-electron chi connectivity index (χ4n) is 1.67. The standard InChI is InChI=1S/C14H14N2O2/c1-2-3-6-9-15-14(17)10-12-11-7-4-5-8-13(11)18-16-12/h4-5,7-8H,6,9-10H2,1H3,(H,15,17). The molecule has 4 heteroatoms. The zero-order valence-electron chi connectivity index (χ0n) is 10.2. The van der Waals surface area contributed by atoms with Gasteiger partial charge in [-0.2, -0.15) is 0 Å². The highest BCUT2D eigenvalue weighted by Crippen LogP contribution is 2.17. The summed E-state index contributed by atoms with van der Waals surface area (Å²) in [7, 11) is 0. The molecule has 1 heterocycles. The van der Waals surface area contributed by atoms with Crippen LogP contribution >= 0.6 is 0 Å². The molecule has 0 aliphatic carbocycles. The quantitative estimate of drug-likeness (QED) is 0.658. The lowest BCUT2D eigenvalue weighted by Crippen LogP contribution is -2.26. The molecule has 0 aliphatic rings. The van der Waals surface area contributed by atoms with Crippen LogP contribution in [0.3, 0.4) is 0 Å². The monoisotopic (exact) mass is 242 g/mol. The highest BCUT2D eigenvalue weighted by Gasteiger charge is 2.11. The van der Waals surface area contributed by atoms with Gasteiger partial charge >= 0.3 is 0 Å². The lowest BCUT2D eigenvalue weighted by molar-refractivity contribution is -0.120. The summed E-state index contributed by atoms with van der Waals surface area (Å²) in [6, 6.07) is 7.51. The summed E-state index contributed by atoms with van der Waals surface area (Å²) < 4.78 is 5.14. The maximum Gasteiger partial charge on any atom is 0.226 e. The number of amides is 1. The number of aromatic nitrogens is 1. The zero-order valence-corrected chi connectivity index (χ0v) is 10.2. The number of para-hydroxylation sites is 1. The molecule has 92 valence electrons. The van der Waals surface area contributed by atoms with E-state index in [9.17, 15) is 4.79 Å². The number of nitrogens with zero attached hydrogens (tertiary/aromatic N) is 1. The molecular formula is C14H14N2O2. The molecule has 0 bridgehead atoms. The second-order valence-electron chi connectivity index (χ2n) is 3.83. The first-order valence-corrected chi connectivity index (χ1v) is 5.81. The van der Waals surface area contributed by atoms with Crippen LogP contribution in [-0.2, 0) is 11.2 Å². The summed E-state index contributed by atoms with van der Waals surface area (Å²) >= 11 is 0. The van der Waals surface area contributed by atoms with Gasteiger partial charge in [0, 0.05) is 18.4 Å². The topological polar surface area (TPSA) is 55.1 Å². The van der Waals surface area contributed by atoms with Crippen LogP contribution < -0.4 is 5.32 Å². The second kappa shape index (κ2) is 5.87. The van der Waals surface area contributed by atoms with Gasteiger partial charge in [-0.25, -0.2) is 0 Å². The third-order valence-electron chi connectivity index (χ3n) is 2.53. The first-order valence-electron chi connectivity index (χ1n) is 5.81. The molecule has 0 fully saturated rings. The molecular weight excluding hydrogens is 228 g/mol. The Kier molecular flexibility index (Phi) is 3.98. The lowest BCUT2D eigenvalue weighted by atomic mass is 10.1. The van der Waals surface area contributed by atoms with Crippen molar-refractivity contribution in [3.63, 3.8) is 0 Å². The number of fused-ring (bicyclic) bond motifs is 1. The highest BCUT2D eigenvalue weighted by atomic mass is 16.5. The van der Waals surface area contributed by atoms with Gasteiger partial charge in [-0.15, -0.1) is 11.8 Å². The van der Waals surface area contributed by atoms with Gasteiger partial charge in [0.05, 0.1) is 6.42 Å². The van der Waals surface area contributed by atoms with Crippen molar-refractivity contribution in [1.82, 2.24) is 10.5 Å². The average molecular weight is 242 g/mol. The van der Waals surface area contributed by atoms with Crippen LogP contribution in [0.2, 0.25) is 0 Å². The molecule has 1 amide bonds. The highest BCUT2D eigenvalue weighted by molar-refractivity contribution is 5.86. The molecule has 0 aliphatic heterocycles. The van der Waals surface area contributed by atoms with Crippen LogP contribution in [0.1, 0.15) is 19.0 Å². The van der Waals surface area contributed by atoms with E-state index in [4.69, 9.17) is 4.52 Å². The summed E-state index contributed by atoms with van der Waals surface area (Å²) in [4.78, 5) is 11.7. The minimum Gasteiger partial charge on any atom is -0.356 e. The van der Waals surface area contributed by atoms with Gasteiger partial charge < -0.3 is 9.84 Å². The van der Waals surface area contributed by atoms with E-state index in [1.807, 2.05) is 24.3 Å². The van der Waals surface area contributed by atoms with Crippen LogP contribution in [0.25, 0.3) is 11.0 Å². The SMILES string of the molecule is CC#CCCNC(=O)Cc1noc2ccccc12. The number of carbonyl (C=O) groups excluding carboxylic acids is 1. The Hall–Kier alpha value is -2.28. The Labute approximate surface area is 105 Å². The number of carbonyl (C=O) groups is 1. The first-order chi connectivity index (χ1) is 8.81. The molecule has 0 saturated carbocycles. The van der Waals surface area contributed by atoms with Crippen LogP contribution in [0.4, 0.5) is 0 Å². The second-order valence-corrected chi connectivity index (χ2v) is 3.83. The van der Waals surface area contributed by atoms with E-state index in [-0.39, 0.29) is 12.3 Å². The van der Waals surface area contributed by atoms with Crippen molar-refractivity contribution in [2.45, 2.75) is 19.8 Å². The molecule has 1 aromatic heterocycles. The van der Waals surface area contributed by atoms with Crippen molar-refractivity contribution in [2.75, 3.05) is 6.54 Å². The zero-order chi connectivity index (χ0) is 12.8. The van der Waals surface area contributed by atoms with Gasteiger partial charge in [0.15, 0.2) is 5.58 Å². The number of benzene rings is 1. The van der Waals surface area contributed by atoms with Crippen LogP contribution in [0.15, 0.2) is 28.8 Å². The molecule has 0 unspecified atom stereocenters.